The Morgan fingerprint density at radius 3 is 2.72 bits per heavy atom. The highest BCUT2D eigenvalue weighted by molar-refractivity contribution is 7.13. The molecule has 1 aromatic heterocycles. The number of nitrogens with one attached hydrogen (secondary N) is 1. The standard InChI is InChI=1S/C20H25ClN4O3S/c1-14-13-29-20(22-14)25-5-2-4-24(6-7-25)12-19(26)23-16-11-18-17(10-15(16)21)27-8-3-9-28-18/h10-11,13H,2-9,12H2,1H3,(H,23,26). The first-order valence-corrected chi connectivity index (χ1v) is 11.1. The predicted molar refractivity (Wildman–Crippen MR) is 116 cm³/mol. The van der Waals surface area contributed by atoms with Gasteiger partial charge >= 0.3 is 0 Å². The Kier molecular flexibility index (Phi) is 6.42. The van der Waals surface area contributed by atoms with Crippen LogP contribution in [-0.2, 0) is 4.79 Å². The number of hydrogen-bond acceptors (Lipinski definition) is 7. The fraction of sp³-hybridized carbons (Fsp3) is 0.500. The minimum atomic E-state index is -0.0834. The molecule has 0 bridgehead atoms. The molecule has 1 aromatic carbocycles. The van der Waals surface area contributed by atoms with Gasteiger partial charge in [-0.1, -0.05) is 11.6 Å². The minimum Gasteiger partial charge on any atom is -0.490 e. The Hall–Kier alpha value is -2.03. The molecule has 7 nitrogen and oxygen atoms in total. The minimum absolute atomic E-state index is 0.0834. The maximum Gasteiger partial charge on any atom is 0.238 e. The van der Waals surface area contributed by atoms with Crippen molar-refractivity contribution in [2.45, 2.75) is 19.8 Å². The van der Waals surface area contributed by atoms with Crippen molar-refractivity contribution in [2.24, 2.45) is 0 Å². The highest BCUT2D eigenvalue weighted by atomic mass is 35.5. The van der Waals surface area contributed by atoms with Crippen molar-refractivity contribution >= 4 is 39.7 Å². The lowest BCUT2D eigenvalue weighted by molar-refractivity contribution is -0.117. The zero-order valence-electron chi connectivity index (χ0n) is 16.4. The first kappa shape index (κ1) is 20.3. The van der Waals surface area contributed by atoms with Gasteiger partial charge in [-0.05, 0) is 13.3 Å². The number of carbonyl (C=O) groups is 1. The molecule has 1 amide bonds. The van der Waals surface area contributed by atoms with Crippen LogP contribution in [0.1, 0.15) is 18.5 Å². The maximum atomic E-state index is 12.6. The van der Waals surface area contributed by atoms with Crippen LogP contribution in [0.5, 0.6) is 11.5 Å². The number of benzene rings is 1. The first-order valence-electron chi connectivity index (χ1n) is 9.87. The van der Waals surface area contributed by atoms with Crippen LogP contribution in [0.2, 0.25) is 5.02 Å². The van der Waals surface area contributed by atoms with Crippen LogP contribution in [0.4, 0.5) is 10.8 Å². The second-order valence-corrected chi connectivity index (χ2v) is 8.51. The van der Waals surface area contributed by atoms with Crippen LogP contribution in [0.15, 0.2) is 17.5 Å². The molecule has 2 aliphatic rings. The van der Waals surface area contributed by atoms with Gasteiger partial charge in [-0.15, -0.1) is 11.3 Å². The van der Waals surface area contributed by atoms with E-state index in [-0.39, 0.29) is 5.91 Å². The number of carbonyl (C=O) groups excluding carboxylic acids is 1. The van der Waals surface area contributed by atoms with Gasteiger partial charge in [0.25, 0.3) is 0 Å². The molecule has 1 saturated heterocycles. The van der Waals surface area contributed by atoms with Crippen molar-refractivity contribution in [3.05, 3.63) is 28.2 Å². The highest BCUT2D eigenvalue weighted by Gasteiger charge is 2.20. The SMILES string of the molecule is Cc1csc(N2CCCN(CC(=O)Nc3cc4c(cc3Cl)OCCCO4)CC2)n1. The Labute approximate surface area is 179 Å². The molecule has 3 heterocycles. The van der Waals surface area contributed by atoms with E-state index in [2.05, 4.69) is 25.5 Å². The number of anilines is 2. The molecule has 9 heteroatoms. The third-order valence-electron chi connectivity index (χ3n) is 4.94. The summed E-state index contributed by atoms with van der Waals surface area (Å²) in [6.07, 6.45) is 1.82. The second kappa shape index (κ2) is 9.19. The van der Waals surface area contributed by atoms with Crippen LogP contribution in [0.3, 0.4) is 0 Å². The Morgan fingerprint density at radius 2 is 1.97 bits per heavy atom. The molecular weight excluding hydrogens is 412 g/mol. The fourth-order valence-corrected chi connectivity index (χ4v) is 4.54. The zero-order valence-corrected chi connectivity index (χ0v) is 18.0. The molecule has 0 aliphatic carbocycles. The van der Waals surface area contributed by atoms with Crippen LogP contribution in [-0.4, -0.2) is 61.7 Å². The van der Waals surface area contributed by atoms with Crippen molar-refractivity contribution in [3.63, 3.8) is 0 Å². The molecule has 1 fully saturated rings. The van der Waals surface area contributed by atoms with E-state index >= 15 is 0 Å². The maximum absolute atomic E-state index is 12.6. The van der Waals surface area contributed by atoms with Gasteiger partial charge in [0, 0.05) is 50.1 Å². The van der Waals surface area contributed by atoms with E-state index in [0.29, 0.717) is 42.0 Å². The molecule has 2 aromatic rings. The summed E-state index contributed by atoms with van der Waals surface area (Å²) in [6, 6.07) is 3.45. The van der Waals surface area contributed by atoms with Gasteiger partial charge in [-0.25, -0.2) is 4.98 Å². The smallest absolute Gasteiger partial charge is 0.238 e. The summed E-state index contributed by atoms with van der Waals surface area (Å²) in [4.78, 5) is 21.7. The molecular formula is C20H25ClN4O3S. The van der Waals surface area contributed by atoms with Crippen LogP contribution in [0.25, 0.3) is 0 Å². The summed E-state index contributed by atoms with van der Waals surface area (Å²) in [5, 5.41) is 6.51. The molecule has 0 unspecified atom stereocenters. The van der Waals surface area contributed by atoms with Crippen molar-refractivity contribution in [1.82, 2.24) is 9.88 Å². The van der Waals surface area contributed by atoms with E-state index < -0.39 is 0 Å². The summed E-state index contributed by atoms with van der Waals surface area (Å²) in [5.74, 6) is 1.15. The zero-order chi connectivity index (χ0) is 20.2. The number of nitrogens with zero attached hydrogens (tertiary/aromatic N) is 3. The average Bonchev–Trinajstić information content (AvgIpc) is 2.87. The van der Waals surface area contributed by atoms with Crippen molar-refractivity contribution in [1.29, 1.82) is 0 Å². The largest absolute Gasteiger partial charge is 0.490 e. The van der Waals surface area contributed by atoms with Gasteiger partial charge in [0.05, 0.1) is 36.2 Å². The van der Waals surface area contributed by atoms with Gasteiger partial charge in [-0.3, -0.25) is 9.69 Å². The lowest BCUT2D eigenvalue weighted by Gasteiger charge is -2.21. The summed E-state index contributed by atoms with van der Waals surface area (Å²) in [7, 11) is 0. The van der Waals surface area contributed by atoms with Gasteiger partial charge < -0.3 is 19.7 Å². The van der Waals surface area contributed by atoms with Gasteiger partial charge in [0.1, 0.15) is 0 Å². The molecule has 2 aliphatic heterocycles. The van der Waals surface area contributed by atoms with Gasteiger partial charge in [0.2, 0.25) is 5.91 Å². The molecule has 29 heavy (non-hydrogen) atoms. The monoisotopic (exact) mass is 436 g/mol. The third-order valence-corrected chi connectivity index (χ3v) is 6.28. The summed E-state index contributed by atoms with van der Waals surface area (Å²) in [5.41, 5.74) is 1.60. The quantitative estimate of drug-likeness (QED) is 0.792. The number of fused-ring (bicyclic) bond motifs is 1. The van der Waals surface area contributed by atoms with E-state index in [1.807, 2.05) is 6.92 Å². The number of thiazole rings is 1. The highest BCUT2D eigenvalue weighted by Crippen LogP contribution is 2.37. The van der Waals surface area contributed by atoms with Gasteiger partial charge in [0.15, 0.2) is 16.6 Å². The van der Waals surface area contributed by atoms with E-state index in [1.54, 1.807) is 23.5 Å². The summed E-state index contributed by atoms with van der Waals surface area (Å²) >= 11 is 8.02. The number of ether oxygens (including phenoxy) is 2. The number of amides is 1. The number of aryl methyl sites for hydroxylation is 1. The molecule has 4 rings (SSSR count). The molecule has 0 saturated carbocycles. The molecule has 1 N–H and O–H groups in total. The number of halogens is 1. The van der Waals surface area contributed by atoms with Gasteiger partial charge in [-0.2, -0.15) is 0 Å². The van der Waals surface area contributed by atoms with E-state index in [1.165, 1.54) is 0 Å². The Morgan fingerprint density at radius 1 is 1.17 bits per heavy atom. The lowest BCUT2D eigenvalue weighted by atomic mass is 10.2. The number of rotatable bonds is 4. The average molecular weight is 437 g/mol. The van der Waals surface area contributed by atoms with E-state index in [9.17, 15) is 4.79 Å². The second-order valence-electron chi connectivity index (χ2n) is 7.27. The summed E-state index contributed by atoms with van der Waals surface area (Å²) < 4.78 is 11.3. The normalized spacial score (nSPS) is 17.5. The van der Waals surface area contributed by atoms with Crippen LogP contribution < -0.4 is 19.7 Å². The van der Waals surface area contributed by atoms with E-state index in [4.69, 9.17) is 21.1 Å². The fourth-order valence-electron chi connectivity index (χ4n) is 3.48. The van der Waals surface area contributed by atoms with Crippen molar-refractivity contribution < 1.29 is 14.3 Å². The van der Waals surface area contributed by atoms with Crippen molar-refractivity contribution in [3.8, 4) is 11.5 Å². The Bertz CT molecular complexity index is 875. The summed E-state index contributed by atoms with van der Waals surface area (Å²) in [6.45, 7) is 7.05. The van der Waals surface area contributed by atoms with Crippen molar-refractivity contribution in [2.75, 3.05) is 56.2 Å². The lowest BCUT2D eigenvalue weighted by Crippen LogP contribution is -2.36. The third kappa shape index (κ3) is 5.12. The Balaban J connectivity index is 1.34. The number of hydrogen-bond donors (Lipinski definition) is 1. The molecule has 0 spiro atoms. The predicted octanol–water partition coefficient (Wildman–Crippen LogP) is 3.42. The van der Waals surface area contributed by atoms with Crippen LogP contribution >= 0.6 is 22.9 Å². The topological polar surface area (TPSA) is 66.9 Å². The van der Waals surface area contributed by atoms with E-state index in [0.717, 1.165) is 49.8 Å². The molecule has 156 valence electrons. The number of aromatic nitrogens is 1. The van der Waals surface area contributed by atoms with Crippen LogP contribution in [0, 0.1) is 6.92 Å². The molecule has 0 atom stereocenters. The molecule has 0 radical (unpaired) electrons. The first-order chi connectivity index (χ1) is 14.1.